The molecule has 0 aliphatic carbocycles. The largest absolute Gasteiger partial charge is 0.207 e. The Bertz CT molecular complexity index is 302. The second-order valence-electron chi connectivity index (χ2n) is 1.88. The van der Waals surface area contributed by atoms with E-state index in [0.29, 0.717) is 5.56 Å². The number of rotatable bonds is 0. The van der Waals surface area contributed by atoms with Gasteiger partial charge in [-0.25, -0.2) is 8.78 Å². The Hall–Kier alpha value is -0.630. The first-order valence-corrected chi connectivity index (χ1v) is 3.88. The van der Waals surface area contributed by atoms with Crippen LogP contribution in [0.3, 0.4) is 0 Å². The van der Waals surface area contributed by atoms with Crippen molar-refractivity contribution in [3.8, 4) is 9.85 Å². The van der Waals surface area contributed by atoms with E-state index in [4.69, 9.17) is 0 Å². The van der Waals surface area contributed by atoms with E-state index in [-0.39, 0.29) is 0 Å². The molecule has 0 amide bonds. The molecule has 0 aromatic heterocycles. The first-order valence-electron chi connectivity index (χ1n) is 2.80. The summed E-state index contributed by atoms with van der Waals surface area (Å²) in [6.45, 7) is 0. The van der Waals surface area contributed by atoms with Gasteiger partial charge in [0.15, 0.2) is 0 Å². The molecule has 0 aliphatic heterocycles. The highest BCUT2D eigenvalue weighted by atomic mass is 127. The Labute approximate surface area is 76.8 Å². The molecule has 0 N–H and O–H groups in total. The van der Waals surface area contributed by atoms with Crippen LogP contribution in [0.2, 0.25) is 0 Å². The summed E-state index contributed by atoms with van der Waals surface area (Å²) in [5.41, 5.74) is 0.358. The highest BCUT2D eigenvalue weighted by molar-refractivity contribution is 14.1. The van der Waals surface area contributed by atoms with Crippen molar-refractivity contribution in [1.82, 2.24) is 0 Å². The Kier molecular flexibility index (Phi) is 2.83. The van der Waals surface area contributed by atoms with E-state index >= 15 is 0 Å². The van der Waals surface area contributed by atoms with Gasteiger partial charge in [-0.1, -0.05) is 5.92 Å². The summed E-state index contributed by atoms with van der Waals surface area (Å²) in [5.74, 6) is 1.35. The second kappa shape index (κ2) is 3.67. The predicted octanol–water partition coefficient (Wildman–Crippen LogP) is 2.71. The molecule has 0 unspecified atom stereocenters. The summed E-state index contributed by atoms with van der Waals surface area (Å²) in [6, 6.07) is 3.20. The van der Waals surface area contributed by atoms with Gasteiger partial charge in [0.05, 0.1) is 0 Å². The molecule has 56 valence electrons. The summed E-state index contributed by atoms with van der Waals surface area (Å²) in [4.78, 5) is 0. The van der Waals surface area contributed by atoms with Crippen molar-refractivity contribution >= 4 is 22.6 Å². The van der Waals surface area contributed by atoms with Gasteiger partial charge in [-0.2, -0.15) is 0 Å². The molecule has 1 aromatic carbocycles. The van der Waals surface area contributed by atoms with E-state index in [1.807, 2.05) is 22.6 Å². The molecule has 0 heterocycles. The fourth-order valence-corrected chi connectivity index (χ4v) is 0.992. The van der Waals surface area contributed by atoms with Gasteiger partial charge < -0.3 is 0 Å². The van der Waals surface area contributed by atoms with Crippen LogP contribution in [0.5, 0.6) is 0 Å². The smallest absolute Gasteiger partial charge is 0.127 e. The zero-order valence-electron chi connectivity index (χ0n) is 5.37. The van der Waals surface area contributed by atoms with Crippen LogP contribution in [0.1, 0.15) is 5.56 Å². The highest BCUT2D eigenvalue weighted by Gasteiger charge is 1.96. The number of hydrogen-bond donors (Lipinski definition) is 0. The Morgan fingerprint density at radius 3 is 2.09 bits per heavy atom. The Morgan fingerprint density at radius 2 is 1.64 bits per heavy atom. The summed E-state index contributed by atoms with van der Waals surface area (Å²) in [5, 5.41) is 0. The Balaban J connectivity index is 3.15. The third kappa shape index (κ3) is 2.46. The maximum atomic E-state index is 12.4. The average Bonchev–Trinajstić information content (AvgIpc) is 1.85. The van der Waals surface area contributed by atoms with Gasteiger partial charge in [0, 0.05) is 34.2 Å². The minimum absolute atomic E-state index is 0.358. The molecule has 0 atom stereocenters. The summed E-state index contributed by atoms with van der Waals surface area (Å²) in [6.07, 6.45) is 0. The summed E-state index contributed by atoms with van der Waals surface area (Å²) in [7, 11) is 0. The van der Waals surface area contributed by atoms with E-state index in [9.17, 15) is 8.78 Å². The van der Waals surface area contributed by atoms with E-state index in [2.05, 4.69) is 9.85 Å². The molecule has 11 heavy (non-hydrogen) atoms. The maximum absolute atomic E-state index is 12.4. The lowest BCUT2D eigenvalue weighted by Crippen LogP contribution is -1.81. The molecular weight excluding hydrogens is 261 g/mol. The quantitative estimate of drug-likeness (QED) is 0.499. The Morgan fingerprint density at radius 1 is 1.09 bits per heavy atom. The summed E-state index contributed by atoms with van der Waals surface area (Å²) >= 11 is 1.81. The van der Waals surface area contributed by atoms with Gasteiger partial charge in [-0.05, 0) is 16.1 Å². The fraction of sp³-hybridized carbons (Fsp3) is 0. The van der Waals surface area contributed by atoms with Gasteiger partial charge >= 0.3 is 0 Å². The molecule has 0 saturated carbocycles. The molecule has 1 rings (SSSR count). The molecule has 3 heteroatoms. The topological polar surface area (TPSA) is 0 Å². The first-order chi connectivity index (χ1) is 5.22. The van der Waals surface area contributed by atoms with E-state index < -0.39 is 11.6 Å². The summed E-state index contributed by atoms with van der Waals surface area (Å²) < 4.78 is 27.4. The predicted molar refractivity (Wildman–Crippen MR) is 47.3 cm³/mol. The van der Waals surface area contributed by atoms with E-state index in [1.165, 1.54) is 12.1 Å². The third-order valence-electron chi connectivity index (χ3n) is 1.05. The van der Waals surface area contributed by atoms with Gasteiger partial charge in [0.1, 0.15) is 11.6 Å². The van der Waals surface area contributed by atoms with Crippen molar-refractivity contribution < 1.29 is 8.78 Å². The van der Waals surface area contributed by atoms with Crippen molar-refractivity contribution in [2.24, 2.45) is 0 Å². The standard InChI is InChI=1S/C8H3F2I/c9-7-3-6(1-2-11)4-8(10)5-7/h3-5H. The van der Waals surface area contributed by atoms with Gasteiger partial charge in [0.25, 0.3) is 0 Å². The van der Waals surface area contributed by atoms with Crippen LogP contribution in [0.15, 0.2) is 18.2 Å². The second-order valence-corrected chi connectivity index (χ2v) is 2.42. The third-order valence-corrected chi connectivity index (χ3v) is 1.32. The van der Waals surface area contributed by atoms with Gasteiger partial charge in [0.2, 0.25) is 0 Å². The molecule has 0 bridgehead atoms. The molecule has 0 fully saturated rings. The molecule has 1 aromatic rings. The molecule has 0 aliphatic rings. The SMILES string of the molecule is Fc1cc(F)cc(C#CI)c1. The van der Waals surface area contributed by atoms with Crippen LogP contribution >= 0.6 is 22.6 Å². The molecule has 0 nitrogen and oxygen atoms in total. The molecule has 0 spiro atoms. The monoisotopic (exact) mass is 264 g/mol. The highest BCUT2D eigenvalue weighted by Crippen LogP contribution is 2.06. The van der Waals surface area contributed by atoms with Crippen LogP contribution in [0, 0.1) is 21.5 Å². The van der Waals surface area contributed by atoms with Crippen molar-refractivity contribution in [3.05, 3.63) is 35.4 Å². The normalized spacial score (nSPS) is 8.64. The molecule has 0 radical (unpaired) electrons. The van der Waals surface area contributed by atoms with Crippen LogP contribution in [-0.4, -0.2) is 0 Å². The molecule has 0 saturated heterocycles. The van der Waals surface area contributed by atoms with Crippen molar-refractivity contribution in [3.63, 3.8) is 0 Å². The first kappa shape index (κ1) is 8.47. The van der Waals surface area contributed by atoms with Crippen molar-refractivity contribution in [2.45, 2.75) is 0 Å². The number of halogens is 3. The average molecular weight is 264 g/mol. The van der Waals surface area contributed by atoms with Gasteiger partial charge in [-0.3, -0.25) is 0 Å². The minimum Gasteiger partial charge on any atom is -0.207 e. The van der Waals surface area contributed by atoms with Crippen LogP contribution < -0.4 is 0 Å². The maximum Gasteiger partial charge on any atom is 0.127 e. The van der Waals surface area contributed by atoms with Crippen LogP contribution in [-0.2, 0) is 0 Å². The lowest BCUT2D eigenvalue weighted by molar-refractivity contribution is 0.582. The van der Waals surface area contributed by atoms with Gasteiger partial charge in [-0.15, -0.1) is 0 Å². The lowest BCUT2D eigenvalue weighted by atomic mass is 10.2. The van der Waals surface area contributed by atoms with Crippen molar-refractivity contribution in [2.75, 3.05) is 0 Å². The van der Waals surface area contributed by atoms with Crippen LogP contribution in [0.25, 0.3) is 0 Å². The zero-order chi connectivity index (χ0) is 8.27. The van der Waals surface area contributed by atoms with Crippen LogP contribution in [0.4, 0.5) is 8.78 Å². The van der Waals surface area contributed by atoms with Crippen molar-refractivity contribution in [1.29, 1.82) is 0 Å². The van der Waals surface area contributed by atoms with E-state index in [1.54, 1.807) is 0 Å². The minimum atomic E-state index is -0.598. The lowest BCUT2D eigenvalue weighted by Gasteiger charge is -1.91. The number of hydrogen-bond acceptors (Lipinski definition) is 0. The molecular formula is C8H3F2I. The number of benzene rings is 1. The zero-order valence-corrected chi connectivity index (χ0v) is 7.52. The fourth-order valence-electron chi connectivity index (χ4n) is 0.681. The van der Waals surface area contributed by atoms with E-state index in [0.717, 1.165) is 6.07 Å².